The van der Waals surface area contributed by atoms with Gasteiger partial charge in [0.05, 0.1) is 0 Å². The largest absolute Gasteiger partial charge is 0.457 e. The molecule has 0 saturated carbocycles. The van der Waals surface area contributed by atoms with Crippen molar-refractivity contribution >= 4 is 15.9 Å². The van der Waals surface area contributed by atoms with E-state index in [-0.39, 0.29) is 11.9 Å². The molecule has 0 aromatic heterocycles. The molecule has 4 heteroatoms. The molecule has 2 aromatic rings. The second-order valence-corrected chi connectivity index (χ2v) is 4.94. The summed E-state index contributed by atoms with van der Waals surface area (Å²) >= 11 is 3.35. The molecule has 0 aliphatic rings. The van der Waals surface area contributed by atoms with Crippen LogP contribution in [0.4, 0.5) is 4.39 Å². The van der Waals surface area contributed by atoms with Crippen LogP contribution < -0.4 is 10.5 Å². The highest BCUT2D eigenvalue weighted by Gasteiger charge is 2.10. The first-order valence-corrected chi connectivity index (χ1v) is 6.34. The molecular formula is C14H13BrFNO. The molecule has 0 aliphatic carbocycles. The van der Waals surface area contributed by atoms with Gasteiger partial charge in [-0.2, -0.15) is 0 Å². The third-order valence-electron chi connectivity index (χ3n) is 2.50. The molecule has 1 atom stereocenters. The molecule has 0 heterocycles. The van der Waals surface area contributed by atoms with E-state index < -0.39 is 0 Å². The summed E-state index contributed by atoms with van der Waals surface area (Å²) in [4.78, 5) is 0. The second kappa shape index (κ2) is 5.50. The highest BCUT2D eigenvalue weighted by molar-refractivity contribution is 9.10. The Morgan fingerprint density at radius 3 is 2.44 bits per heavy atom. The van der Waals surface area contributed by atoms with Gasteiger partial charge in [-0.15, -0.1) is 0 Å². The Kier molecular flexibility index (Phi) is 3.99. The number of hydrogen-bond donors (Lipinski definition) is 1. The fourth-order valence-electron chi connectivity index (χ4n) is 1.60. The molecule has 0 aliphatic heterocycles. The Labute approximate surface area is 114 Å². The molecular weight excluding hydrogens is 297 g/mol. The van der Waals surface area contributed by atoms with Crippen molar-refractivity contribution < 1.29 is 9.13 Å². The molecule has 2 rings (SSSR count). The van der Waals surface area contributed by atoms with E-state index in [2.05, 4.69) is 15.9 Å². The predicted octanol–water partition coefficient (Wildman–Crippen LogP) is 4.40. The van der Waals surface area contributed by atoms with Crippen molar-refractivity contribution in [1.29, 1.82) is 0 Å². The van der Waals surface area contributed by atoms with Gasteiger partial charge in [-0.3, -0.25) is 0 Å². The molecule has 94 valence electrons. The first-order chi connectivity index (χ1) is 8.56. The van der Waals surface area contributed by atoms with Gasteiger partial charge in [0, 0.05) is 16.1 Å². The second-order valence-electron chi connectivity index (χ2n) is 4.03. The molecule has 0 unspecified atom stereocenters. The van der Waals surface area contributed by atoms with Gasteiger partial charge in [-0.1, -0.05) is 15.9 Å². The van der Waals surface area contributed by atoms with Crippen LogP contribution in [0, 0.1) is 5.82 Å². The Morgan fingerprint density at radius 2 is 1.83 bits per heavy atom. The van der Waals surface area contributed by atoms with Crippen LogP contribution in [-0.4, -0.2) is 0 Å². The van der Waals surface area contributed by atoms with Crippen molar-refractivity contribution in [2.75, 3.05) is 0 Å². The van der Waals surface area contributed by atoms with Gasteiger partial charge < -0.3 is 10.5 Å². The molecule has 0 amide bonds. The Hall–Kier alpha value is -1.39. The summed E-state index contributed by atoms with van der Waals surface area (Å²) in [6.07, 6.45) is 0. The number of benzene rings is 2. The summed E-state index contributed by atoms with van der Waals surface area (Å²) in [6, 6.07) is 11.5. The first-order valence-electron chi connectivity index (χ1n) is 5.54. The molecule has 0 radical (unpaired) electrons. The van der Waals surface area contributed by atoms with Crippen LogP contribution in [0.5, 0.6) is 11.5 Å². The highest BCUT2D eigenvalue weighted by Crippen LogP contribution is 2.30. The maximum atomic E-state index is 13.2. The Morgan fingerprint density at radius 1 is 1.17 bits per heavy atom. The Bertz CT molecular complexity index is 540. The van der Waals surface area contributed by atoms with Crippen molar-refractivity contribution in [2.24, 2.45) is 5.73 Å². The van der Waals surface area contributed by atoms with Crippen LogP contribution in [0.25, 0.3) is 0 Å². The van der Waals surface area contributed by atoms with Gasteiger partial charge in [-0.05, 0) is 49.4 Å². The van der Waals surface area contributed by atoms with E-state index in [0.717, 1.165) is 4.47 Å². The molecule has 18 heavy (non-hydrogen) atoms. The minimum Gasteiger partial charge on any atom is -0.457 e. The van der Waals surface area contributed by atoms with Crippen LogP contribution in [0.2, 0.25) is 0 Å². The average molecular weight is 310 g/mol. The minimum absolute atomic E-state index is 0.286. The summed E-state index contributed by atoms with van der Waals surface area (Å²) < 4.78 is 19.9. The van der Waals surface area contributed by atoms with E-state index in [4.69, 9.17) is 10.5 Å². The number of ether oxygens (including phenoxy) is 1. The van der Waals surface area contributed by atoms with Gasteiger partial charge in [0.1, 0.15) is 17.3 Å². The van der Waals surface area contributed by atoms with Gasteiger partial charge >= 0.3 is 0 Å². The molecule has 0 fully saturated rings. The molecule has 2 N–H and O–H groups in total. The van der Waals surface area contributed by atoms with E-state index in [9.17, 15) is 4.39 Å². The summed E-state index contributed by atoms with van der Waals surface area (Å²) in [5.74, 6) is 0.950. The number of nitrogens with two attached hydrogens (primary N) is 1. The van der Waals surface area contributed by atoms with Gasteiger partial charge in [-0.25, -0.2) is 4.39 Å². The summed E-state index contributed by atoms with van der Waals surface area (Å²) in [5, 5.41) is 0. The molecule has 0 bridgehead atoms. The van der Waals surface area contributed by atoms with E-state index in [1.165, 1.54) is 12.1 Å². The lowest BCUT2D eigenvalue weighted by molar-refractivity contribution is 0.469. The highest BCUT2D eigenvalue weighted by atomic mass is 79.9. The zero-order valence-electron chi connectivity index (χ0n) is 9.86. The predicted molar refractivity (Wildman–Crippen MR) is 73.2 cm³/mol. The first kappa shape index (κ1) is 13.1. The zero-order valence-corrected chi connectivity index (χ0v) is 11.4. The quantitative estimate of drug-likeness (QED) is 0.912. The van der Waals surface area contributed by atoms with Crippen LogP contribution in [0.15, 0.2) is 46.9 Å². The topological polar surface area (TPSA) is 35.2 Å². The maximum Gasteiger partial charge on any atom is 0.132 e. The van der Waals surface area contributed by atoms with E-state index >= 15 is 0 Å². The normalized spacial score (nSPS) is 12.2. The number of rotatable bonds is 3. The summed E-state index contributed by atoms with van der Waals surface area (Å²) in [6.45, 7) is 1.79. The third kappa shape index (κ3) is 3.09. The minimum atomic E-state index is -0.314. The SMILES string of the molecule is C[C@H](N)c1cc(F)ccc1Oc1ccc(Br)cc1. The van der Waals surface area contributed by atoms with Crippen LogP contribution >= 0.6 is 15.9 Å². The molecule has 2 nitrogen and oxygen atoms in total. The maximum absolute atomic E-state index is 13.2. The lowest BCUT2D eigenvalue weighted by atomic mass is 10.1. The fraction of sp³-hybridized carbons (Fsp3) is 0.143. The van der Waals surface area contributed by atoms with Crippen molar-refractivity contribution in [2.45, 2.75) is 13.0 Å². The molecule has 2 aromatic carbocycles. The Balaban J connectivity index is 2.31. The average Bonchev–Trinajstić information content (AvgIpc) is 2.34. The van der Waals surface area contributed by atoms with Gasteiger partial charge in [0.15, 0.2) is 0 Å². The fourth-order valence-corrected chi connectivity index (χ4v) is 1.86. The van der Waals surface area contributed by atoms with E-state index in [1.54, 1.807) is 13.0 Å². The summed E-state index contributed by atoms with van der Waals surface area (Å²) in [7, 11) is 0. The standard InChI is InChI=1S/C14H13BrFNO/c1-9(17)13-8-11(16)4-7-14(13)18-12-5-2-10(15)3-6-12/h2-9H,17H2,1H3/t9-/m0/s1. The molecule has 0 saturated heterocycles. The van der Waals surface area contributed by atoms with E-state index in [1.807, 2.05) is 24.3 Å². The van der Waals surface area contributed by atoms with E-state index in [0.29, 0.717) is 17.1 Å². The molecule has 0 spiro atoms. The lowest BCUT2D eigenvalue weighted by Gasteiger charge is -2.13. The van der Waals surface area contributed by atoms with Crippen molar-refractivity contribution in [3.63, 3.8) is 0 Å². The monoisotopic (exact) mass is 309 g/mol. The van der Waals surface area contributed by atoms with Crippen LogP contribution in [0.1, 0.15) is 18.5 Å². The van der Waals surface area contributed by atoms with Crippen molar-refractivity contribution in [3.05, 3.63) is 58.3 Å². The van der Waals surface area contributed by atoms with Crippen molar-refractivity contribution in [3.8, 4) is 11.5 Å². The van der Waals surface area contributed by atoms with Crippen LogP contribution in [0.3, 0.4) is 0 Å². The van der Waals surface area contributed by atoms with Crippen molar-refractivity contribution in [1.82, 2.24) is 0 Å². The number of halogens is 2. The van der Waals surface area contributed by atoms with Gasteiger partial charge in [0.2, 0.25) is 0 Å². The third-order valence-corrected chi connectivity index (χ3v) is 3.03. The lowest BCUT2D eigenvalue weighted by Crippen LogP contribution is -2.07. The summed E-state index contributed by atoms with van der Waals surface area (Å²) in [5.41, 5.74) is 6.46. The zero-order chi connectivity index (χ0) is 13.1. The number of hydrogen-bond acceptors (Lipinski definition) is 2. The van der Waals surface area contributed by atoms with Gasteiger partial charge in [0.25, 0.3) is 0 Å². The smallest absolute Gasteiger partial charge is 0.132 e. The van der Waals surface area contributed by atoms with Crippen LogP contribution in [-0.2, 0) is 0 Å².